The molecule has 1 aromatic rings. The number of aromatic nitrogens is 1. The van der Waals surface area contributed by atoms with Crippen LogP contribution in [0.4, 0.5) is 0 Å². The molecule has 1 fully saturated rings. The summed E-state index contributed by atoms with van der Waals surface area (Å²) in [6, 6.07) is 2.62. The van der Waals surface area contributed by atoms with E-state index in [4.69, 9.17) is 5.11 Å². The number of amides is 1. The molecule has 1 aliphatic heterocycles. The van der Waals surface area contributed by atoms with Crippen molar-refractivity contribution in [3.8, 4) is 0 Å². The van der Waals surface area contributed by atoms with Gasteiger partial charge in [-0.25, -0.2) is 13.2 Å². The third-order valence-electron chi connectivity index (χ3n) is 2.86. The fraction of sp³-hybridized carbons (Fsp3) is 0.364. The summed E-state index contributed by atoms with van der Waals surface area (Å²) in [5, 5.41) is 8.72. The summed E-state index contributed by atoms with van der Waals surface area (Å²) >= 11 is 0. The Kier molecular flexibility index (Phi) is 3.52. The maximum Gasteiger partial charge on any atom is 0.337 e. The minimum atomic E-state index is -3.04. The monoisotopic (exact) mass is 284 g/mol. The molecule has 1 N–H and O–H groups in total. The molecular weight excluding hydrogens is 272 g/mol. The van der Waals surface area contributed by atoms with Gasteiger partial charge >= 0.3 is 5.97 Å². The fourth-order valence-electron chi connectivity index (χ4n) is 1.72. The lowest BCUT2D eigenvalue weighted by Crippen LogP contribution is -2.44. The summed E-state index contributed by atoms with van der Waals surface area (Å²) in [5.74, 6) is -1.60. The summed E-state index contributed by atoms with van der Waals surface area (Å²) in [4.78, 5) is 27.9. The number of aromatic carboxylic acids is 1. The maximum absolute atomic E-state index is 12.0. The van der Waals surface area contributed by atoms with Crippen molar-refractivity contribution >= 4 is 21.7 Å². The van der Waals surface area contributed by atoms with Crippen LogP contribution in [0.1, 0.15) is 20.8 Å². The summed E-state index contributed by atoms with van der Waals surface area (Å²) in [7, 11) is -3.04. The second-order valence-electron chi connectivity index (χ2n) is 4.18. The van der Waals surface area contributed by atoms with Gasteiger partial charge in [0.05, 0.1) is 17.1 Å². The van der Waals surface area contributed by atoms with Crippen LogP contribution in [0.2, 0.25) is 0 Å². The number of carbonyl (C=O) groups is 2. The van der Waals surface area contributed by atoms with Crippen LogP contribution in [-0.2, 0) is 9.84 Å². The predicted octanol–water partition coefficient (Wildman–Crippen LogP) is -0.350. The Hall–Kier alpha value is -1.96. The van der Waals surface area contributed by atoms with Crippen LogP contribution < -0.4 is 0 Å². The molecule has 0 saturated carbocycles. The molecule has 2 heterocycles. The molecule has 0 atom stereocenters. The van der Waals surface area contributed by atoms with Crippen molar-refractivity contribution < 1.29 is 23.1 Å². The number of carboxylic acid groups (broad SMARTS) is 1. The molecule has 0 unspecified atom stereocenters. The molecule has 1 aliphatic rings. The topological polar surface area (TPSA) is 105 Å². The van der Waals surface area contributed by atoms with E-state index in [9.17, 15) is 18.0 Å². The summed E-state index contributed by atoms with van der Waals surface area (Å²) in [6.45, 7) is 0.285. The number of carbonyl (C=O) groups excluding carboxylic acids is 1. The van der Waals surface area contributed by atoms with E-state index in [0.717, 1.165) is 6.20 Å². The number of nitrogens with zero attached hydrogens (tertiary/aromatic N) is 2. The van der Waals surface area contributed by atoms with E-state index in [1.54, 1.807) is 0 Å². The highest BCUT2D eigenvalue weighted by Gasteiger charge is 2.26. The summed E-state index contributed by atoms with van der Waals surface area (Å²) < 4.78 is 22.5. The lowest BCUT2D eigenvalue weighted by Gasteiger charge is -2.26. The van der Waals surface area contributed by atoms with Crippen molar-refractivity contribution in [2.24, 2.45) is 0 Å². The lowest BCUT2D eigenvalue weighted by atomic mass is 10.2. The van der Waals surface area contributed by atoms with E-state index in [1.807, 2.05) is 0 Å². The van der Waals surface area contributed by atoms with E-state index in [1.165, 1.54) is 17.0 Å². The van der Waals surface area contributed by atoms with Crippen molar-refractivity contribution in [3.63, 3.8) is 0 Å². The number of pyridine rings is 1. The predicted molar refractivity (Wildman–Crippen MR) is 65.8 cm³/mol. The molecule has 0 aliphatic carbocycles. The summed E-state index contributed by atoms with van der Waals surface area (Å²) in [6.07, 6.45) is 1.11. The molecule has 0 spiro atoms. The van der Waals surface area contributed by atoms with Gasteiger partial charge in [-0.2, -0.15) is 0 Å². The largest absolute Gasteiger partial charge is 0.478 e. The Labute approximate surface area is 109 Å². The van der Waals surface area contributed by atoms with Crippen LogP contribution in [0.25, 0.3) is 0 Å². The number of sulfone groups is 1. The fourth-order valence-corrected chi connectivity index (χ4v) is 2.93. The van der Waals surface area contributed by atoms with Crippen molar-refractivity contribution in [2.75, 3.05) is 24.6 Å². The van der Waals surface area contributed by atoms with Gasteiger partial charge in [0.15, 0.2) is 9.84 Å². The smallest absolute Gasteiger partial charge is 0.337 e. The van der Waals surface area contributed by atoms with Crippen molar-refractivity contribution in [2.45, 2.75) is 0 Å². The van der Waals surface area contributed by atoms with Gasteiger partial charge in [0, 0.05) is 19.3 Å². The first kappa shape index (κ1) is 13.5. The molecule has 1 amide bonds. The minimum Gasteiger partial charge on any atom is -0.478 e. The molecular formula is C11H12N2O5S. The third kappa shape index (κ3) is 3.08. The van der Waals surface area contributed by atoms with Crippen LogP contribution in [0.3, 0.4) is 0 Å². The molecule has 0 radical (unpaired) electrons. The quantitative estimate of drug-likeness (QED) is 0.796. The Balaban J connectivity index is 2.10. The molecule has 0 bridgehead atoms. The van der Waals surface area contributed by atoms with Gasteiger partial charge in [0.2, 0.25) is 0 Å². The van der Waals surface area contributed by atoms with Gasteiger partial charge in [-0.1, -0.05) is 0 Å². The highest BCUT2D eigenvalue weighted by Crippen LogP contribution is 2.09. The molecule has 0 aromatic carbocycles. The lowest BCUT2D eigenvalue weighted by molar-refractivity contribution is 0.0693. The van der Waals surface area contributed by atoms with Crippen LogP contribution in [-0.4, -0.2) is 59.9 Å². The molecule has 102 valence electrons. The van der Waals surface area contributed by atoms with Crippen LogP contribution in [0.15, 0.2) is 18.3 Å². The highest BCUT2D eigenvalue weighted by molar-refractivity contribution is 7.91. The zero-order valence-corrected chi connectivity index (χ0v) is 10.8. The van der Waals surface area contributed by atoms with E-state index < -0.39 is 15.8 Å². The van der Waals surface area contributed by atoms with Crippen LogP contribution in [0, 0.1) is 0 Å². The first-order valence-electron chi connectivity index (χ1n) is 5.58. The average molecular weight is 284 g/mol. The molecule has 7 nitrogen and oxygen atoms in total. The molecule has 2 rings (SSSR count). The average Bonchev–Trinajstić information content (AvgIpc) is 2.38. The molecule has 19 heavy (non-hydrogen) atoms. The van der Waals surface area contributed by atoms with Crippen LogP contribution in [0.5, 0.6) is 0 Å². The van der Waals surface area contributed by atoms with E-state index in [-0.39, 0.29) is 41.8 Å². The first-order chi connectivity index (χ1) is 8.89. The van der Waals surface area contributed by atoms with Crippen molar-refractivity contribution in [3.05, 3.63) is 29.6 Å². The van der Waals surface area contributed by atoms with Crippen molar-refractivity contribution in [1.82, 2.24) is 9.88 Å². The van der Waals surface area contributed by atoms with Gasteiger partial charge in [-0.05, 0) is 12.1 Å². The zero-order chi connectivity index (χ0) is 14.0. The van der Waals surface area contributed by atoms with E-state index in [0.29, 0.717) is 0 Å². The standard InChI is InChI=1S/C11H12N2O5S/c14-10(13-3-5-19(17,18)6-4-13)9-2-1-8(7-12-9)11(15)16/h1-2,7H,3-6H2,(H,15,16). The summed E-state index contributed by atoms with van der Waals surface area (Å²) in [5.41, 5.74) is 0.113. The SMILES string of the molecule is O=C(O)c1ccc(C(=O)N2CCS(=O)(=O)CC2)nc1. The van der Waals surface area contributed by atoms with E-state index >= 15 is 0 Å². The second-order valence-corrected chi connectivity index (χ2v) is 6.48. The highest BCUT2D eigenvalue weighted by atomic mass is 32.2. The van der Waals surface area contributed by atoms with Gasteiger partial charge < -0.3 is 10.0 Å². The number of hydrogen-bond donors (Lipinski definition) is 1. The normalized spacial score (nSPS) is 18.0. The Morgan fingerprint density at radius 1 is 1.21 bits per heavy atom. The van der Waals surface area contributed by atoms with Crippen LogP contribution >= 0.6 is 0 Å². The number of carboxylic acids is 1. The second kappa shape index (κ2) is 4.96. The zero-order valence-electron chi connectivity index (χ0n) is 9.94. The minimum absolute atomic E-state index is 0.00206. The van der Waals surface area contributed by atoms with Gasteiger partial charge in [0.25, 0.3) is 5.91 Å². The number of rotatable bonds is 2. The van der Waals surface area contributed by atoms with Gasteiger partial charge in [0.1, 0.15) is 5.69 Å². The van der Waals surface area contributed by atoms with Gasteiger partial charge in [-0.3, -0.25) is 9.78 Å². The Bertz CT molecular complexity index is 594. The maximum atomic E-state index is 12.0. The molecule has 1 aromatic heterocycles. The number of hydrogen-bond acceptors (Lipinski definition) is 5. The van der Waals surface area contributed by atoms with Crippen molar-refractivity contribution in [1.29, 1.82) is 0 Å². The Morgan fingerprint density at radius 3 is 2.32 bits per heavy atom. The molecule has 8 heteroatoms. The third-order valence-corrected chi connectivity index (χ3v) is 4.47. The first-order valence-corrected chi connectivity index (χ1v) is 7.40. The molecule has 1 saturated heterocycles. The van der Waals surface area contributed by atoms with Gasteiger partial charge in [-0.15, -0.1) is 0 Å². The Morgan fingerprint density at radius 2 is 1.84 bits per heavy atom. The van der Waals surface area contributed by atoms with E-state index in [2.05, 4.69) is 4.98 Å².